The predicted molar refractivity (Wildman–Crippen MR) is 381 cm³/mol. The quantitative estimate of drug-likeness (QED) is 0.154. The van der Waals surface area contributed by atoms with Crippen molar-refractivity contribution in [3.63, 3.8) is 0 Å². The van der Waals surface area contributed by atoms with E-state index in [4.69, 9.17) is 4.74 Å². The molecular formula is C84H87BN2O. The molecule has 10 aromatic carbocycles. The SMILES string of the molecule is CC(C)(C)c1ccc(-c2cccc(-c3ccc(C(C)(C)C)cc3)c2N2c3ccc(-c4cc(C(C)(C)C)cc(C(C)(C)C)c4)cc3B3c4cc(-c5cc(C(C)(C)C)cc(C(C)(C)C)c5)ccc4Oc4cc(-n5c6ccccc6c6ccccc65)cc2c43)cc1. The Hall–Kier alpha value is -8.34. The van der Waals surface area contributed by atoms with Gasteiger partial charge in [0.2, 0.25) is 0 Å². The third-order valence-corrected chi connectivity index (χ3v) is 19.0. The van der Waals surface area contributed by atoms with Crippen LogP contribution in [0.15, 0.2) is 200 Å². The molecule has 0 aliphatic carbocycles. The summed E-state index contributed by atoms with van der Waals surface area (Å²) in [6, 6.07) is 77.3. The molecule has 0 unspecified atom stereocenters. The summed E-state index contributed by atoms with van der Waals surface area (Å²) in [6.07, 6.45) is 0. The number of ether oxygens (including phenoxy) is 1. The van der Waals surface area contributed by atoms with Gasteiger partial charge in [0.05, 0.1) is 22.4 Å². The van der Waals surface area contributed by atoms with Gasteiger partial charge in [-0.15, -0.1) is 0 Å². The van der Waals surface area contributed by atoms with Crippen LogP contribution in [0.2, 0.25) is 0 Å². The summed E-state index contributed by atoms with van der Waals surface area (Å²) >= 11 is 0. The zero-order valence-corrected chi connectivity index (χ0v) is 55.4. The van der Waals surface area contributed by atoms with Crippen LogP contribution in [0.5, 0.6) is 11.5 Å². The average molecular weight is 1150 g/mol. The van der Waals surface area contributed by atoms with Gasteiger partial charge in [0.25, 0.3) is 6.71 Å². The first-order valence-electron chi connectivity index (χ1n) is 32.0. The first-order valence-corrected chi connectivity index (χ1v) is 32.0. The summed E-state index contributed by atoms with van der Waals surface area (Å²) in [5.41, 5.74) is 27.4. The molecule has 0 radical (unpaired) electrons. The fraction of sp³-hybridized carbons (Fsp3) is 0.286. The highest BCUT2D eigenvalue weighted by atomic mass is 16.5. The van der Waals surface area contributed by atoms with Crippen molar-refractivity contribution in [1.82, 2.24) is 4.57 Å². The Balaban J connectivity index is 1.17. The largest absolute Gasteiger partial charge is 0.458 e. The lowest BCUT2D eigenvalue weighted by molar-refractivity contribution is 0.487. The smallest absolute Gasteiger partial charge is 0.256 e. The Labute approximate surface area is 525 Å². The maximum atomic E-state index is 7.63. The van der Waals surface area contributed by atoms with Gasteiger partial charge in [-0.3, -0.25) is 0 Å². The van der Waals surface area contributed by atoms with Crippen molar-refractivity contribution >= 4 is 62.0 Å². The molecule has 2 aliphatic rings. The van der Waals surface area contributed by atoms with Crippen molar-refractivity contribution in [2.45, 2.75) is 157 Å². The van der Waals surface area contributed by atoms with Crippen LogP contribution in [0.1, 0.15) is 158 Å². The number of nitrogens with zero attached hydrogens (tertiary/aromatic N) is 2. The zero-order valence-electron chi connectivity index (χ0n) is 55.4. The highest BCUT2D eigenvalue weighted by molar-refractivity contribution is 6.99. The predicted octanol–water partition coefficient (Wildman–Crippen LogP) is 21.6. The summed E-state index contributed by atoms with van der Waals surface area (Å²) in [5.74, 6) is 1.74. The molecule has 0 N–H and O–H groups in total. The number of anilines is 3. The molecule has 3 heterocycles. The van der Waals surface area contributed by atoms with E-state index in [1.165, 1.54) is 71.9 Å². The first-order chi connectivity index (χ1) is 41.4. The monoisotopic (exact) mass is 1150 g/mol. The molecular weight excluding hydrogens is 1060 g/mol. The Kier molecular flexibility index (Phi) is 13.8. The van der Waals surface area contributed by atoms with E-state index in [0.29, 0.717) is 0 Å². The molecule has 0 fully saturated rings. The summed E-state index contributed by atoms with van der Waals surface area (Å²) in [5, 5.41) is 2.44. The molecule has 3 nitrogen and oxygen atoms in total. The standard InChI is InChI=1S/C84H87BN2O/c1-79(2,3)58-36-30-52(31-37-58)65-26-23-27-66(53-32-38-59(39-33-53)80(4,5)6)78(65)87-73-40-34-54(56-42-60(81(7,8)9)48-61(43-56)82(10,11)12)46-69(73)85-70-47-55(57-44-62(83(13,14)15)49-63(45-57)84(16,17)18)35-41-75(70)88-76-51-64(50-74(87)77(76)85)86-71-28-21-19-24-67(71)68-25-20-22-29-72(68)86/h19-51H,1-18H3. The molecule has 4 heteroatoms. The van der Waals surface area contributed by atoms with Crippen molar-refractivity contribution in [2.24, 2.45) is 0 Å². The molecule has 442 valence electrons. The topological polar surface area (TPSA) is 17.4 Å². The molecule has 0 bridgehead atoms. The lowest BCUT2D eigenvalue weighted by atomic mass is 9.34. The maximum absolute atomic E-state index is 7.63. The molecule has 2 aliphatic heterocycles. The van der Waals surface area contributed by atoms with Crippen molar-refractivity contribution in [1.29, 1.82) is 0 Å². The van der Waals surface area contributed by atoms with Crippen LogP contribution in [-0.4, -0.2) is 11.3 Å². The Morgan fingerprint density at radius 2 is 0.716 bits per heavy atom. The number of rotatable bonds is 6. The highest BCUT2D eigenvalue weighted by Gasteiger charge is 2.44. The second-order valence-corrected chi connectivity index (χ2v) is 31.6. The minimum absolute atomic E-state index is 0.0106. The van der Waals surface area contributed by atoms with Crippen LogP contribution in [0.25, 0.3) is 72.0 Å². The number of hydrogen-bond acceptors (Lipinski definition) is 2. The van der Waals surface area contributed by atoms with Gasteiger partial charge < -0.3 is 14.2 Å². The van der Waals surface area contributed by atoms with Crippen LogP contribution >= 0.6 is 0 Å². The van der Waals surface area contributed by atoms with E-state index in [-0.39, 0.29) is 39.2 Å². The van der Waals surface area contributed by atoms with Crippen molar-refractivity contribution < 1.29 is 4.74 Å². The third kappa shape index (κ3) is 10.4. The fourth-order valence-corrected chi connectivity index (χ4v) is 13.5. The summed E-state index contributed by atoms with van der Waals surface area (Å²) in [4.78, 5) is 2.64. The van der Waals surface area contributed by atoms with Gasteiger partial charge in [-0.05, 0) is 146 Å². The Morgan fingerprint density at radius 3 is 1.16 bits per heavy atom. The van der Waals surface area contributed by atoms with Gasteiger partial charge in [-0.25, -0.2) is 0 Å². The number of para-hydroxylation sites is 3. The summed E-state index contributed by atoms with van der Waals surface area (Å²) in [6.45, 7) is 41.7. The first kappa shape index (κ1) is 58.7. The van der Waals surface area contributed by atoms with Gasteiger partial charge >= 0.3 is 0 Å². The molecule has 88 heavy (non-hydrogen) atoms. The number of fused-ring (bicyclic) bond motifs is 7. The van der Waals surface area contributed by atoms with Crippen LogP contribution < -0.4 is 26.0 Å². The number of benzene rings is 10. The number of hydrogen-bond donors (Lipinski definition) is 0. The molecule has 0 spiro atoms. The van der Waals surface area contributed by atoms with Gasteiger partial charge in [0.1, 0.15) is 11.5 Å². The normalized spacial score (nSPS) is 13.6. The van der Waals surface area contributed by atoms with E-state index in [1.807, 2.05) is 0 Å². The van der Waals surface area contributed by atoms with Gasteiger partial charge in [-0.1, -0.05) is 288 Å². The summed E-state index contributed by atoms with van der Waals surface area (Å²) < 4.78 is 10.1. The van der Waals surface area contributed by atoms with Crippen LogP contribution in [0.3, 0.4) is 0 Å². The minimum atomic E-state index is -0.208. The van der Waals surface area contributed by atoms with Crippen LogP contribution in [0.4, 0.5) is 17.1 Å². The van der Waals surface area contributed by atoms with E-state index in [0.717, 1.165) is 78.5 Å². The maximum Gasteiger partial charge on any atom is 0.256 e. The summed E-state index contributed by atoms with van der Waals surface area (Å²) in [7, 11) is 0. The Bertz CT molecular complexity index is 4370. The lowest BCUT2D eigenvalue weighted by Crippen LogP contribution is -2.59. The van der Waals surface area contributed by atoms with E-state index in [9.17, 15) is 0 Å². The van der Waals surface area contributed by atoms with Gasteiger partial charge in [0.15, 0.2) is 0 Å². The fourth-order valence-electron chi connectivity index (χ4n) is 13.5. The molecule has 0 saturated carbocycles. The molecule has 11 aromatic rings. The zero-order chi connectivity index (χ0) is 62.4. The molecule has 13 rings (SSSR count). The van der Waals surface area contributed by atoms with E-state index in [1.54, 1.807) is 0 Å². The average Bonchev–Trinajstić information content (AvgIpc) is 0.819. The molecule has 0 amide bonds. The molecule has 0 saturated heterocycles. The lowest BCUT2D eigenvalue weighted by Gasteiger charge is -2.42. The van der Waals surface area contributed by atoms with Crippen LogP contribution in [0, 0.1) is 0 Å². The van der Waals surface area contributed by atoms with E-state index < -0.39 is 0 Å². The van der Waals surface area contributed by atoms with Crippen LogP contribution in [-0.2, 0) is 32.5 Å². The second-order valence-electron chi connectivity index (χ2n) is 31.6. The van der Waals surface area contributed by atoms with E-state index in [2.05, 4.69) is 334 Å². The molecule has 1 aromatic heterocycles. The second kappa shape index (κ2) is 20.6. The van der Waals surface area contributed by atoms with E-state index >= 15 is 0 Å². The third-order valence-electron chi connectivity index (χ3n) is 19.0. The number of aromatic nitrogens is 1. The van der Waals surface area contributed by atoms with Crippen molar-refractivity contribution in [2.75, 3.05) is 4.90 Å². The molecule has 0 atom stereocenters. The minimum Gasteiger partial charge on any atom is -0.458 e. The van der Waals surface area contributed by atoms with Crippen molar-refractivity contribution in [3.8, 4) is 61.7 Å². The van der Waals surface area contributed by atoms with Gasteiger partial charge in [-0.2, -0.15) is 0 Å². The van der Waals surface area contributed by atoms with Crippen molar-refractivity contribution in [3.05, 3.63) is 234 Å². The Morgan fingerprint density at radius 1 is 0.307 bits per heavy atom. The van der Waals surface area contributed by atoms with Gasteiger partial charge in [0, 0.05) is 39.3 Å². The highest BCUT2D eigenvalue weighted by Crippen LogP contribution is 2.51.